The minimum Gasteiger partial charge on any atom is -0.385 e. The van der Waals surface area contributed by atoms with Gasteiger partial charge in [0.05, 0.1) is 4.92 Å². The van der Waals surface area contributed by atoms with Gasteiger partial charge in [0, 0.05) is 33.4 Å². The van der Waals surface area contributed by atoms with E-state index in [1.807, 2.05) is 0 Å². The van der Waals surface area contributed by atoms with Crippen LogP contribution < -0.4 is 0 Å². The van der Waals surface area contributed by atoms with E-state index in [0.717, 1.165) is 10.4 Å². The molecule has 1 aromatic rings. The topological polar surface area (TPSA) is 89.8 Å². The van der Waals surface area contributed by atoms with Gasteiger partial charge in [-0.3, -0.25) is 10.1 Å². The molecule has 0 saturated carbocycles. The number of rotatable bonds is 7. The molecule has 0 aliphatic carbocycles. The zero-order chi connectivity index (χ0) is 14.6. The van der Waals surface area contributed by atoms with Crippen molar-refractivity contribution in [3.05, 3.63) is 20.5 Å². The van der Waals surface area contributed by atoms with E-state index in [0.29, 0.717) is 24.4 Å². The van der Waals surface area contributed by atoms with Crippen molar-refractivity contribution < 1.29 is 18.1 Å². The van der Waals surface area contributed by atoms with Crippen LogP contribution in [0.4, 0.5) is 5.69 Å². The molecule has 0 unspecified atom stereocenters. The maximum Gasteiger partial charge on any atom is 0.300 e. The molecule has 1 heterocycles. The van der Waals surface area contributed by atoms with Crippen LogP contribution in [0.15, 0.2) is 10.3 Å². The van der Waals surface area contributed by atoms with Crippen LogP contribution in [0.25, 0.3) is 0 Å². The van der Waals surface area contributed by atoms with Crippen molar-refractivity contribution in [3.8, 4) is 0 Å². The first-order chi connectivity index (χ1) is 8.80. The van der Waals surface area contributed by atoms with Gasteiger partial charge < -0.3 is 4.74 Å². The molecule has 0 amide bonds. The Morgan fingerprint density at radius 2 is 2.21 bits per heavy atom. The standard InChI is InChI=1S/C9H13ClN2O5S2/c1-11(4-3-5-17-2)19(15,16)8-6-7(12(13)14)9(10)18-8/h6H,3-5H2,1-2H3. The van der Waals surface area contributed by atoms with E-state index in [9.17, 15) is 18.5 Å². The molecule has 0 spiro atoms. The molecule has 108 valence electrons. The SMILES string of the molecule is COCCCN(C)S(=O)(=O)c1cc([N+](=O)[O-])c(Cl)s1. The number of nitro groups is 1. The summed E-state index contributed by atoms with van der Waals surface area (Å²) in [7, 11) is -0.815. The van der Waals surface area contributed by atoms with Crippen molar-refractivity contribution in [2.24, 2.45) is 0 Å². The zero-order valence-electron chi connectivity index (χ0n) is 10.3. The van der Waals surface area contributed by atoms with Crippen LogP contribution in [-0.2, 0) is 14.8 Å². The summed E-state index contributed by atoms with van der Waals surface area (Å²) >= 11 is 6.33. The molecule has 0 aliphatic heterocycles. The summed E-state index contributed by atoms with van der Waals surface area (Å²) in [5, 5.41) is 10.6. The van der Waals surface area contributed by atoms with Gasteiger partial charge >= 0.3 is 0 Å². The highest BCUT2D eigenvalue weighted by molar-refractivity contribution is 7.91. The van der Waals surface area contributed by atoms with Crippen molar-refractivity contribution in [2.75, 3.05) is 27.3 Å². The number of hydrogen-bond acceptors (Lipinski definition) is 6. The molecular weight excluding hydrogens is 316 g/mol. The number of halogens is 1. The van der Waals surface area contributed by atoms with Crippen molar-refractivity contribution in [3.63, 3.8) is 0 Å². The third-order valence-electron chi connectivity index (χ3n) is 2.33. The number of thiophene rings is 1. The van der Waals surface area contributed by atoms with E-state index in [2.05, 4.69) is 0 Å². The first kappa shape index (κ1) is 16.3. The highest BCUT2D eigenvalue weighted by Crippen LogP contribution is 2.37. The average molecular weight is 329 g/mol. The van der Waals surface area contributed by atoms with Crippen LogP contribution in [-0.4, -0.2) is 45.0 Å². The Morgan fingerprint density at radius 1 is 1.58 bits per heavy atom. The Balaban J connectivity index is 2.94. The summed E-state index contributed by atoms with van der Waals surface area (Å²) in [6.07, 6.45) is 0.535. The van der Waals surface area contributed by atoms with Crippen molar-refractivity contribution in [2.45, 2.75) is 10.6 Å². The normalized spacial score (nSPS) is 12.0. The molecule has 1 aromatic heterocycles. The number of ether oxygens (including phenoxy) is 1. The van der Waals surface area contributed by atoms with Crippen LogP contribution in [0.1, 0.15) is 6.42 Å². The van der Waals surface area contributed by atoms with Crippen molar-refractivity contribution in [1.82, 2.24) is 4.31 Å². The molecule has 0 fully saturated rings. The van der Waals surface area contributed by atoms with Gasteiger partial charge in [-0.15, -0.1) is 11.3 Å². The molecule has 0 aromatic carbocycles. The molecular formula is C9H13ClN2O5S2. The lowest BCUT2D eigenvalue weighted by Gasteiger charge is -2.15. The van der Waals surface area contributed by atoms with Crippen LogP contribution in [0.2, 0.25) is 4.34 Å². The first-order valence-corrected chi connectivity index (χ1v) is 7.83. The summed E-state index contributed by atoms with van der Waals surface area (Å²) in [6, 6.07) is 0.981. The highest BCUT2D eigenvalue weighted by Gasteiger charge is 2.28. The van der Waals surface area contributed by atoms with Gasteiger partial charge in [-0.1, -0.05) is 11.6 Å². The van der Waals surface area contributed by atoms with Crippen LogP contribution in [0.5, 0.6) is 0 Å². The van der Waals surface area contributed by atoms with Gasteiger partial charge in [0.25, 0.3) is 15.7 Å². The fourth-order valence-corrected chi connectivity index (χ4v) is 4.38. The van der Waals surface area contributed by atoms with Crippen LogP contribution in [0, 0.1) is 10.1 Å². The smallest absolute Gasteiger partial charge is 0.300 e. The van der Waals surface area contributed by atoms with Gasteiger partial charge in [0.2, 0.25) is 0 Å². The summed E-state index contributed by atoms with van der Waals surface area (Å²) in [5.74, 6) is 0. The lowest BCUT2D eigenvalue weighted by molar-refractivity contribution is -0.384. The Morgan fingerprint density at radius 3 is 2.68 bits per heavy atom. The first-order valence-electron chi connectivity index (χ1n) is 5.19. The van der Waals surface area contributed by atoms with E-state index in [1.165, 1.54) is 14.2 Å². The Hall–Kier alpha value is -0.740. The van der Waals surface area contributed by atoms with E-state index in [4.69, 9.17) is 16.3 Å². The quantitative estimate of drug-likeness (QED) is 0.433. The maximum absolute atomic E-state index is 12.1. The predicted octanol–water partition coefficient (Wildman–Crippen LogP) is 1.97. The molecule has 0 radical (unpaired) electrons. The Labute approximate surface area is 119 Å². The van der Waals surface area contributed by atoms with Gasteiger partial charge in [-0.05, 0) is 6.42 Å². The second-order valence-corrected chi connectivity index (χ2v) is 7.58. The van der Waals surface area contributed by atoms with Crippen LogP contribution in [0.3, 0.4) is 0 Å². The third-order valence-corrected chi connectivity index (χ3v) is 5.97. The second-order valence-electron chi connectivity index (χ2n) is 3.65. The molecule has 10 heteroatoms. The average Bonchev–Trinajstić information content (AvgIpc) is 2.72. The van der Waals surface area contributed by atoms with E-state index in [1.54, 1.807) is 0 Å². The highest BCUT2D eigenvalue weighted by atomic mass is 35.5. The third kappa shape index (κ3) is 3.86. The van der Waals surface area contributed by atoms with Crippen molar-refractivity contribution in [1.29, 1.82) is 0 Å². The number of nitrogens with zero attached hydrogens (tertiary/aromatic N) is 2. The molecule has 0 bridgehead atoms. The zero-order valence-corrected chi connectivity index (χ0v) is 12.7. The summed E-state index contributed by atoms with van der Waals surface area (Å²) in [5.41, 5.74) is -0.393. The lowest BCUT2D eigenvalue weighted by atomic mass is 10.5. The van der Waals surface area contributed by atoms with Gasteiger partial charge in [-0.2, -0.15) is 0 Å². The van der Waals surface area contributed by atoms with Gasteiger partial charge in [0.1, 0.15) is 4.21 Å². The van der Waals surface area contributed by atoms with E-state index < -0.39 is 20.6 Å². The molecule has 0 atom stereocenters. The molecule has 7 nitrogen and oxygen atoms in total. The lowest BCUT2D eigenvalue weighted by Crippen LogP contribution is -2.28. The van der Waals surface area contributed by atoms with Crippen molar-refractivity contribution >= 4 is 38.6 Å². The van der Waals surface area contributed by atoms with Crippen LogP contribution >= 0.6 is 22.9 Å². The minimum absolute atomic E-state index is 0.135. The Bertz CT molecular complexity index is 557. The Kier molecular flexibility index (Phi) is 5.68. The molecule has 1 rings (SSSR count). The van der Waals surface area contributed by atoms with E-state index >= 15 is 0 Å². The fraction of sp³-hybridized carbons (Fsp3) is 0.556. The van der Waals surface area contributed by atoms with E-state index in [-0.39, 0.29) is 15.1 Å². The molecule has 0 aliphatic rings. The van der Waals surface area contributed by atoms with Gasteiger partial charge in [-0.25, -0.2) is 12.7 Å². The monoisotopic (exact) mass is 328 g/mol. The largest absolute Gasteiger partial charge is 0.385 e. The summed E-state index contributed by atoms with van der Waals surface area (Å²) in [6.45, 7) is 0.699. The number of hydrogen-bond donors (Lipinski definition) is 0. The summed E-state index contributed by atoms with van der Waals surface area (Å²) in [4.78, 5) is 9.94. The van der Waals surface area contributed by atoms with Gasteiger partial charge in [0.15, 0.2) is 4.34 Å². The summed E-state index contributed by atoms with van der Waals surface area (Å²) < 4.78 is 29.9. The maximum atomic E-state index is 12.1. The molecule has 0 saturated heterocycles. The fourth-order valence-electron chi connectivity index (χ4n) is 1.30. The minimum atomic E-state index is -3.75. The predicted molar refractivity (Wildman–Crippen MR) is 72.3 cm³/mol. The molecule has 0 N–H and O–H groups in total. The number of sulfonamides is 1. The number of methoxy groups -OCH3 is 1. The molecule has 19 heavy (non-hydrogen) atoms. The second kappa shape index (κ2) is 6.62.